The van der Waals surface area contributed by atoms with Crippen LogP contribution in [0.25, 0.3) is 11.2 Å². The zero-order valence-electron chi connectivity index (χ0n) is 10.3. The van der Waals surface area contributed by atoms with Crippen LogP contribution in [0.1, 0.15) is 14.0 Å². The summed E-state index contributed by atoms with van der Waals surface area (Å²) in [6.07, 6.45) is -0.828. The third kappa shape index (κ3) is 1.62. The molecule has 96 valence electrons. The molecule has 0 unspecified atom stereocenters. The van der Waals surface area contributed by atoms with Crippen molar-refractivity contribution in [3.63, 3.8) is 0 Å². The second-order valence-corrected chi connectivity index (χ2v) is 4.01. The van der Waals surface area contributed by atoms with Crippen molar-refractivity contribution in [2.45, 2.75) is 24.8 Å². The fraction of sp³-hybridized carbons (Fsp3) is 0.500. The normalized spacial score (nSPS) is 32.9. The molecule has 0 radical (unpaired) electrons. The standard InChI is InChI=1S/C10H13N5O3/c11-9-8-10(13-3-12-9)15(4-14-8)7-1-5(17)6(2-16)18-7/h3-7,16-17H,1-2H2,(H2,11,12,13)/t5-,6+,7+/m0/s1/i1D/t1-,5+,6-,7-/m1. The molecule has 1 fully saturated rings. The lowest BCUT2D eigenvalue weighted by Gasteiger charge is -2.13. The maximum Gasteiger partial charge on any atom is 0.167 e. The highest BCUT2D eigenvalue weighted by Crippen LogP contribution is 2.30. The second-order valence-electron chi connectivity index (χ2n) is 4.01. The Balaban J connectivity index is 2.04. The van der Waals surface area contributed by atoms with Gasteiger partial charge in [-0.05, 0) is 0 Å². The number of aliphatic hydroxyl groups excluding tert-OH is 2. The summed E-state index contributed by atoms with van der Waals surface area (Å²) in [6.45, 7) is -0.350. The van der Waals surface area contributed by atoms with Gasteiger partial charge >= 0.3 is 0 Å². The highest BCUT2D eigenvalue weighted by molar-refractivity contribution is 5.81. The first-order chi connectivity index (χ1) is 9.13. The Morgan fingerprint density at radius 3 is 3.11 bits per heavy atom. The van der Waals surface area contributed by atoms with Gasteiger partial charge in [0, 0.05) is 7.77 Å². The van der Waals surface area contributed by atoms with E-state index in [1.807, 2.05) is 0 Å². The van der Waals surface area contributed by atoms with Crippen LogP contribution in [-0.4, -0.2) is 48.5 Å². The predicted octanol–water partition coefficient (Wildman–Crippen LogP) is -0.951. The molecule has 0 amide bonds. The minimum absolute atomic E-state index is 0.238. The number of aliphatic hydroxyl groups is 2. The van der Waals surface area contributed by atoms with Gasteiger partial charge in [-0.1, -0.05) is 0 Å². The number of hydrogen-bond acceptors (Lipinski definition) is 7. The van der Waals surface area contributed by atoms with Gasteiger partial charge in [0.2, 0.25) is 0 Å². The molecule has 0 saturated carbocycles. The van der Waals surface area contributed by atoms with E-state index >= 15 is 0 Å². The topological polar surface area (TPSA) is 119 Å². The lowest BCUT2D eigenvalue weighted by molar-refractivity contribution is -0.0432. The van der Waals surface area contributed by atoms with E-state index in [4.69, 9.17) is 16.9 Å². The number of nitrogen functional groups attached to an aromatic ring is 1. The molecule has 3 rings (SSSR count). The largest absolute Gasteiger partial charge is 0.394 e. The Hall–Kier alpha value is -1.77. The van der Waals surface area contributed by atoms with Crippen molar-refractivity contribution in [1.29, 1.82) is 0 Å². The van der Waals surface area contributed by atoms with Crippen LogP contribution in [0.5, 0.6) is 0 Å². The summed E-state index contributed by atoms with van der Waals surface area (Å²) in [5, 5.41) is 18.9. The fourth-order valence-electron chi connectivity index (χ4n) is 1.96. The first kappa shape index (κ1) is 10.2. The molecule has 1 saturated heterocycles. The van der Waals surface area contributed by atoms with Crippen LogP contribution in [0.3, 0.4) is 0 Å². The third-order valence-electron chi connectivity index (χ3n) is 2.90. The van der Waals surface area contributed by atoms with Gasteiger partial charge in [-0.25, -0.2) is 15.0 Å². The molecule has 0 aliphatic carbocycles. The predicted molar refractivity (Wildman–Crippen MR) is 61.4 cm³/mol. The number of imidazole rings is 1. The van der Waals surface area contributed by atoms with Crippen LogP contribution in [0, 0.1) is 0 Å². The number of fused-ring (bicyclic) bond motifs is 1. The minimum atomic E-state index is -1.06. The first-order valence-electron chi connectivity index (χ1n) is 6.01. The Labute approximate surface area is 103 Å². The van der Waals surface area contributed by atoms with Gasteiger partial charge in [0.1, 0.15) is 24.2 Å². The summed E-state index contributed by atoms with van der Waals surface area (Å²) in [4.78, 5) is 12.0. The minimum Gasteiger partial charge on any atom is -0.394 e. The number of nitrogens with two attached hydrogens (primary N) is 1. The van der Waals surface area contributed by atoms with Gasteiger partial charge in [-0.3, -0.25) is 4.57 Å². The van der Waals surface area contributed by atoms with Gasteiger partial charge in [0.25, 0.3) is 0 Å². The molecular weight excluding hydrogens is 238 g/mol. The van der Waals surface area contributed by atoms with Crippen LogP contribution in [0.2, 0.25) is 0 Å². The average Bonchev–Trinajstić information content (AvgIpc) is 2.94. The lowest BCUT2D eigenvalue weighted by Crippen LogP contribution is -2.24. The van der Waals surface area contributed by atoms with Gasteiger partial charge in [-0.15, -0.1) is 0 Å². The molecule has 3 heterocycles. The van der Waals surface area contributed by atoms with Crippen LogP contribution in [0.4, 0.5) is 5.82 Å². The first-order valence-corrected chi connectivity index (χ1v) is 5.43. The van der Waals surface area contributed by atoms with Gasteiger partial charge in [0.15, 0.2) is 11.5 Å². The fourth-order valence-corrected chi connectivity index (χ4v) is 1.96. The van der Waals surface area contributed by atoms with Gasteiger partial charge < -0.3 is 20.7 Å². The van der Waals surface area contributed by atoms with E-state index in [1.165, 1.54) is 17.2 Å². The lowest BCUT2D eigenvalue weighted by atomic mass is 10.2. The highest BCUT2D eigenvalue weighted by Gasteiger charge is 2.35. The molecule has 1 aliphatic heterocycles. The van der Waals surface area contributed by atoms with Crippen LogP contribution in [0.15, 0.2) is 12.7 Å². The van der Waals surface area contributed by atoms with Crippen molar-refractivity contribution in [3.8, 4) is 0 Å². The van der Waals surface area contributed by atoms with E-state index in [0.29, 0.717) is 11.2 Å². The average molecular weight is 252 g/mol. The molecule has 4 N–H and O–H groups in total. The maximum absolute atomic E-state index is 9.79. The van der Waals surface area contributed by atoms with Crippen molar-refractivity contribution in [3.05, 3.63) is 12.7 Å². The molecule has 4 atom stereocenters. The highest BCUT2D eigenvalue weighted by atomic mass is 16.5. The summed E-state index contributed by atoms with van der Waals surface area (Å²) in [5.41, 5.74) is 6.53. The Kier molecular flexibility index (Phi) is 2.35. The number of ether oxygens (including phenoxy) is 1. The van der Waals surface area contributed by atoms with E-state index < -0.39 is 24.8 Å². The second kappa shape index (κ2) is 4.16. The molecule has 0 bridgehead atoms. The summed E-state index contributed by atoms with van der Waals surface area (Å²) in [5.74, 6) is 0.238. The number of nitrogens with zero attached hydrogens (tertiary/aromatic N) is 4. The monoisotopic (exact) mass is 252 g/mol. The number of rotatable bonds is 2. The number of aromatic nitrogens is 4. The molecule has 8 heteroatoms. The Bertz CT molecular complexity index is 606. The third-order valence-corrected chi connectivity index (χ3v) is 2.90. The molecule has 18 heavy (non-hydrogen) atoms. The Morgan fingerprint density at radius 2 is 2.39 bits per heavy atom. The Morgan fingerprint density at radius 1 is 1.56 bits per heavy atom. The molecule has 2 aromatic rings. The van der Waals surface area contributed by atoms with Crippen LogP contribution < -0.4 is 5.73 Å². The molecular formula is C10H13N5O3. The summed E-state index contributed by atoms with van der Waals surface area (Å²) >= 11 is 0. The summed E-state index contributed by atoms with van der Waals surface area (Å²) in [7, 11) is 0. The van der Waals surface area contributed by atoms with Crippen LogP contribution >= 0.6 is 0 Å². The summed E-state index contributed by atoms with van der Waals surface area (Å²) in [6, 6.07) is 0. The molecule has 0 spiro atoms. The zero-order valence-corrected chi connectivity index (χ0v) is 9.34. The van der Waals surface area contributed by atoms with Crippen molar-refractivity contribution in [2.75, 3.05) is 12.3 Å². The van der Waals surface area contributed by atoms with E-state index in [9.17, 15) is 5.11 Å². The molecule has 8 nitrogen and oxygen atoms in total. The van der Waals surface area contributed by atoms with E-state index in [1.54, 1.807) is 0 Å². The smallest absolute Gasteiger partial charge is 0.167 e. The molecule has 0 aromatic carbocycles. The number of hydrogen-bond donors (Lipinski definition) is 3. The SMILES string of the molecule is [2H][C@@H]1[C@H](O)[C@@H](CO)O[C@H]1n1cnc2c(N)ncnc21. The van der Waals surface area contributed by atoms with Crippen molar-refractivity contribution >= 4 is 17.0 Å². The van der Waals surface area contributed by atoms with Crippen molar-refractivity contribution in [2.24, 2.45) is 0 Å². The van der Waals surface area contributed by atoms with Gasteiger partial charge in [0.05, 0.1) is 19.0 Å². The van der Waals surface area contributed by atoms with Crippen molar-refractivity contribution in [1.82, 2.24) is 19.5 Å². The molecule has 1 aliphatic rings. The maximum atomic E-state index is 9.79. The zero-order chi connectivity index (χ0) is 13.6. The van der Waals surface area contributed by atoms with Gasteiger partial charge in [-0.2, -0.15) is 0 Å². The number of anilines is 1. The van der Waals surface area contributed by atoms with E-state index in [-0.39, 0.29) is 12.4 Å². The van der Waals surface area contributed by atoms with Crippen LogP contribution in [-0.2, 0) is 4.74 Å². The quantitative estimate of drug-likeness (QED) is 0.630. The summed E-state index contributed by atoms with van der Waals surface area (Å²) < 4.78 is 14.9. The van der Waals surface area contributed by atoms with E-state index in [0.717, 1.165) is 0 Å². The van der Waals surface area contributed by atoms with Crippen molar-refractivity contribution < 1.29 is 16.3 Å². The van der Waals surface area contributed by atoms with E-state index in [2.05, 4.69) is 15.0 Å². The molecule has 2 aromatic heterocycles.